The number of ether oxygens (including phenoxy) is 2. The summed E-state index contributed by atoms with van der Waals surface area (Å²) < 4.78 is 35.2. The van der Waals surface area contributed by atoms with Gasteiger partial charge in [-0.05, 0) is 96.3 Å². The van der Waals surface area contributed by atoms with E-state index < -0.39 is 13.9 Å². The van der Waals surface area contributed by atoms with Crippen molar-refractivity contribution in [1.82, 2.24) is 0 Å². The number of phosphoric ester groups is 1. The first-order valence-electron chi connectivity index (χ1n) is 28.0. The van der Waals surface area contributed by atoms with E-state index in [9.17, 15) is 14.3 Å². The van der Waals surface area contributed by atoms with Gasteiger partial charge in [-0.15, -0.1) is 0 Å². The Balaban J connectivity index is 4.18. The minimum atomic E-state index is -4.30. The van der Waals surface area contributed by atoms with Crippen molar-refractivity contribution in [1.29, 1.82) is 0 Å². The number of hydrogen-bond acceptors (Lipinski definition) is 6. The SMILES string of the molecule is CC/C=C\C/C=C\C/C=C\C/C=C\C/C=C\C/C=C\CCCCCCC(=O)OC(COCCCCCCCCCCCCCC/C=C\C/C=C\CCCCCCC)COP(=O)(O)OCC[N+](C)(C)C. The van der Waals surface area contributed by atoms with E-state index in [1.807, 2.05) is 21.1 Å². The molecule has 0 radical (unpaired) electrons. The first-order chi connectivity index (χ1) is 33.6. The number of carbonyl (C=O) groups excluding carboxylic acids is 1. The highest BCUT2D eigenvalue weighted by atomic mass is 31.2. The van der Waals surface area contributed by atoms with Crippen molar-refractivity contribution in [3.05, 3.63) is 97.2 Å². The minimum Gasteiger partial charge on any atom is -0.457 e. The summed E-state index contributed by atoms with van der Waals surface area (Å²) in [6.07, 6.45) is 71.8. The molecule has 0 aliphatic carbocycles. The molecule has 0 aromatic rings. The molecule has 0 fully saturated rings. The van der Waals surface area contributed by atoms with Gasteiger partial charge in [0.25, 0.3) is 0 Å². The average molecular weight is 985 g/mol. The number of hydrogen-bond donors (Lipinski definition) is 1. The molecule has 0 rings (SSSR count). The van der Waals surface area contributed by atoms with Gasteiger partial charge in [-0.25, -0.2) is 4.57 Å². The van der Waals surface area contributed by atoms with Gasteiger partial charge >= 0.3 is 13.8 Å². The number of carbonyl (C=O) groups is 1. The third-order valence-electron chi connectivity index (χ3n) is 11.6. The lowest BCUT2D eigenvalue weighted by Gasteiger charge is -2.24. The second-order valence-electron chi connectivity index (χ2n) is 19.6. The summed E-state index contributed by atoms with van der Waals surface area (Å²) >= 11 is 0. The van der Waals surface area contributed by atoms with Crippen LogP contribution >= 0.6 is 7.82 Å². The summed E-state index contributed by atoms with van der Waals surface area (Å²) in [7, 11) is 1.64. The smallest absolute Gasteiger partial charge is 0.457 e. The van der Waals surface area contributed by atoms with Gasteiger partial charge in [0.05, 0.1) is 34.4 Å². The Bertz CT molecular complexity index is 1420. The van der Waals surface area contributed by atoms with Crippen LogP contribution in [0.3, 0.4) is 0 Å². The topological polar surface area (TPSA) is 91.3 Å². The first kappa shape index (κ1) is 66.4. The summed E-state index contributed by atoms with van der Waals surface area (Å²) in [5, 5.41) is 0. The van der Waals surface area contributed by atoms with E-state index >= 15 is 0 Å². The van der Waals surface area contributed by atoms with Gasteiger partial charge in [-0.3, -0.25) is 13.8 Å². The molecule has 1 N–H and O–H groups in total. The Hall–Kier alpha value is -2.58. The fraction of sp³-hybridized carbons (Fsp3) is 0.717. The van der Waals surface area contributed by atoms with Crippen molar-refractivity contribution in [3.8, 4) is 0 Å². The molecule has 0 bridgehead atoms. The van der Waals surface area contributed by atoms with Crippen LogP contribution in [0, 0.1) is 0 Å². The summed E-state index contributed by atoms with van der Waals surface area (Å²) in [6.45, 7) is 5.46. The van der Waals surface area contributed by atoms with Crippen LogP contribution in [0.25, 0.3) is 0 Å². The predicted molar refractivity (Wildman–Crippen MR) is 298 cm³/mol. The van der Waals surface area contributed by atoms with Crippen LogP contribution in [-0.4, -0.2) is 75.6 Å². The lowest BCUT2D eigenvalue weighted by molar-refractivity contribution is -0.870. The number of likely N-dealkylation sites (N-methyl/N-ethyl adjacent to an activating group) is 1. The van der Waals surface area contributed by atoms with Crippen molar-refractivity contribution < 1.29 is 37.3 Å². The van der Waals surface area contributed by atoms with Crippen LogP contribution < -0.4 is 0 Å². The second-order valence-corrected chi connectivity index (χ2v) is 21.0. The molecule has 0 amide bonds. The molecule has 8 nitrogen and oxygen atoms in total. The highest BCUT2D eigenvalue weighted by molar-refractivity contribution is 7.47. The summed E-state index contributed by atoms with van der Waals surface area (Å²) in [4.78, 5) is 23.1. The first-order valence-corrected chi connectivity index (χ1v) is 29.5. The molecule has 0 aliphatic heterocycles. The van der Waals surface area contributed by atoms with Crippen molar-refractivity contribution in [3.63, 3.8) is 0 Å². The zero-order valence-corrected chi connectivity index (χ0v) is 46.2. The number of allylic oxidation sites excluding steroid dienone is 16. The van der Waals surface area contributed by atoms with Crippen LogP contribution in [0.15, 0.2) is 97.2 Å². The molecule has 0 aromatic carbocycles. The molecule has 0 aliphatic rings. The summed E-state index contributed by atoms with van der Waals surface area (Å²) in [5.74, 6) is -0.340. The van der Waals surface area contributed by atoms with Crippen molar-refractivity contribution in [2.75, 3.05) is 54.1 Å². The number of unbranched alkanes of at least 4 members (excludes halogenated alkanes) is 21. The molecule has 0 heterocycles. The zero-order chi connectivity index (χ0) is 50.5. The third-order valence-corrected chi connectivity index (χ3v) is 12.6. The Kier molecular flexibility index (Phi) is 49.8. The highest BCUT2D eigenvalue weighted by Gasteiger charge is 2.26. The molecule has 0 aromatic heterocycles. The number of esters is 1. The molecule has 9 heteroatoms. The van der Waals surface area contributed by atoms with Gasteiger partial charge in [-0.1, -0.05) is 214 Å². The van der Waals surface area contributed by atoms with E-state index in [1.54, 1.807) is 0 Å². The van der Waals surface area contributed by atoms with E-state index in [4.69, 9.17) is 18.5 Å². The Labute approximate surface area is 426 Å². The van der Waals surface area contributed by atoms with Gasteiger partial charge in [0.15, 0.2) is 0 Å². The molecule has 0 saturated carbocycles. The molecule has 2 atom stereocenters. The van der Waals surface area contributed by atoms with Gasteiger partial charge in [0.2, 0.25) is 0 Å². The maximum atomic E-state index is 12.8. The molecule has 0 saturated heterocycles. The highest BCUT2D eigenvalue weighted by Crippen LogP contribution is 2.43. The maximum absolute atomic E-state index is 12.8. The molecule has 0 spiro atoms. The van der Waals surface area contributed by atoms with E-state index in [0.717, 1.165) is 89.9 Å². The van der Waals surface area contributed by atoms with Crippen LogP contribution in [0.4, 0.5) is 0 Å². The van der Waals surface area contributed by atoms with Gasteiger partial charge < -0.3 is 18.9 Å². The fourth-order valence-electron chi connectivity index (χ4n) is 7.35. The third kappa shape index (κ3) is 56.2. The number of quaternary nitrogens is 1. The average Bonchev–Trinajstić information content (AvgIpc) is 3.31. The zero-order valence-electron chi connectivity index (χ0n) is 45.3. The minimum absolute atomic E-state index is 0.0780. The lowest BCUT2D eigenvalue weighted by atomic mass is 10.0. The summed E-state index contributed by atoms with van der Waals surface area (Å²) in [6, 6.07) is 0. The number of rotatable bonds is 51. The van der Waals surface area contributed by atoms with E-state index in [0.29, 0.717) is 24.1 Å². The quantitative estimate of drug-likeness (QED) is 0.0213. The molecule has 2 unspecified atom stereocenters. The van der Waals surface area contributed by atoms with Crippen LogP contribution in [0.5, 0.6) is 0 Å². The molecule has 69 heavy (non-hydrogen) atoms. The standard InChI is InChI=1S/C60H106NO7P/c1-6-8-10-12-14-16-18-20-22-24-26-28-30-32-34-36-38-40-42-44-46-48-50-52-55-65-57-59(58-67-69(63,64)66-56-54-61(3,4)5)68-60(62)53-51-49-47-45-43-41-39-37-35-33-31-29-27-25-23-21-19-17-15-13-11-9-7-2/h9,11,15,17-18,20-21,23-24,26-27,29,33,35,39,41,59H,6-8,10,12-14,16,19,22,25,28,30-32,34,36-38,40,42-58H2,1-5H3/p+1/b11-9-,17-15-,20-18-,23-21-,26-24-,29-27-,35-33-,41-39-. The second kappa shape index (κ2) is 51.8. The Morgan fingerprint density at radius 2 is 0.841 bits per heavy atom. The Morgan fingerprint density at radius 3 is 1.26 bits per heavy atom. The predicted octanol–water partition coefficient (Wildman–Crippen LogP) is 17.7. The number of phosphoric acid groups is 1. The van der Waals surface area contributed by atoms with Crippen molar-refractivity contribution >= 4 is 13.8 Å². The maximum Gasteiger partial charge on any atom is 0.472 e. The van der Waals surface area contributed by atoms with E-state index in [1.165, 1.54) is 109 Å². The van der Waals surface area contributed by atoms with Gasteiger partial charge in [0, 0.05) is 13.0 Å². The van der Waals surface area contributed by atoms with Crippen molar-refractivity contribution in [2.45, 2.75) is 225 Å². The summed E-state index contributed by atoms with van der Waals surface area (Å²) in [5.41, 5.74) is 0. The normalized spacial score (nSPS) is 14.2. The largest absolute Gasteiger partial charge is 0.472 e. The van der Waals surface area contributed by atoms with Crippen LogP contribution in [0.1, 0.15) is 219 Å². The monoisotopic (exact) mass is 985 g/mol. The van der Waals surface area contributed by atoms with Crippen LogP contribution in [-0.2, 0) is 27.9 Å². The number of nitrogens with zero attached hydrogens (tertiary/aromatic N) is 1. The van der Waals surface area contributed by atoms with E-state index in [-0.39, 0.29) is 25.8 Å². The Morgan fingerprint density at radius 1 is 0.464 bits per heavy atom. The van der Waals surface area contributed by atoms with Gasteiger partial charge in [0.1, 0.15) is 19.3 Å². The lowest BCUT2D eigenvalue weighted by Crippen LogP contribution is -2.37. The fourth-order valence-corrected chi connectivity index (χ4v) is 8.09. The van der Waals surface area contributed by atoms with E-state index in [2.05, 4.69) is 111 Å². The van der Waals surface area contributed by atoms with Crippen LogP contribution in [0.2, 0.25) is 0 Å². The molecular weight excluding hydrogens is 878 g/mol. The van der Waals surface area contributed by atoms with Crippen molar-refractivity contribution in [2.24, 2.45) is 0 Å². The molecular formula is C60H107NO7P+. The van der Waals surface area contributed by atoms with Gasteiger partial charge in [-0.2, -0.15) is 0 Å². The molecule has 398 valence electrons.